The normalized spacial score (nSPS) is 15.9. The summed E-state index contributed by atoms with van der Waals surface area (Å²) in [4.78, 5) is 40.2. The van der Waals surface area contributed by atoms with Gasteiger partial charge in [0.05, 0.1) is 0 Å². The van der Waals surface area contributed by atoms with Crippen LogP contribution in [-0.2, 0) is 9.59 Å². The Morgan fingerprint density at radius 2 is 1.64 bits per heavy atom. The van der Waals surface area contributed by atoms with Crippen LogP contribution in [0.2, 0.25) is 0 Å². The molecule has 0 aliphatic carbocycles. The highest BCUT2D eigenvalue weighted by atomic mass is 16.2. The Balaban J connectivity index is 2.04. The molecule has 1 fully saturated rings. The third-order valence-corrected chi connectivity index (χ3v) is 4.54. The highest BCUT2D eigenvalue weighted by Gasteiger charge is 2.31. The predicted octanol–water partition coefficient (Wildman–Crippen LogP) is 1.44. The maximum absolute atomic E-state index is 12.9. The number of amides is 3. The number of hydrogen-bond donors (Lipinski definition) is 1. The van der Waals surface area contributed by atoms with Gasteiger partial charge in [-0.05, 0) is 25.0 Å². The van der Waals surface area contributed by atoms with Crippen LogP contribution >= 0.6 is 0 Å². The molecule has 2 rings (SSSR count). The third kappa shape index (κ3) is 4.81. The molecule has 0 aromatic heterocycles. The Bertz CT molecular complexity index is 649. The lowest BCUT2D eigenvalue weighted by Gasteiger charge is -2.37. The SMILES string of the molecule is CC(=O)N1CCN(C(=O)C(NC(=O)c2cccc(C)c2)C(C)C)CC1. The summed E-state index contributed by atoms with van der Waals surface area (Å²) in [7, 11) is 0. The Hall–Kier alpha value is -2.37. The summed E-state index contributed by atoms with van der Waals surface area (Å²) >= 11 is 0. The predicted molar refractivity (Wildman–Crippen MR) is 96.1 cm³/mol. The minimum atomic E-state index is -0.572. The van der Waals surface area contributed by atoms with Gasteiger partial charge in [0.15, 0.2) is 0 Å². The van der Waals surface area contributed by atoms with Crippen molar-refractivity contribution in [3.63, 3.8) is 0 Å². The van der Waals surface area contributed by atoms with Gasteiger partial charge in [0.2, 0.25) is 11.8 Å². The van der Waals surface area contributed by atoms with E-state index >= 15 is 0 Å². The molecule has 136 valence electrons. The van der Waals surface area contributed by atoms with Crippen molar-refractivity contribution in [2.24, 2.45) is 5.92 Å². The zero-order valence-electron chi connectivity index (χ0n) is 15.4. The topological polar surface area (TPSA) is 69.7 Å². The molecule has 0 bridgehead atoms. The Morgan fingerprint density at radius 1 is 1.04 bits per heavy atom. The number of benzene rings is 1. The quantitative estimate of drug-likeness (QED) is 0.898. The van der Waals surface area contributed by atoms with Gasteiger partial charge in [-0.15, -0.1) is 0 Å². The Labute approximate surface area is 149 Å². The van der Waals surface area contributed by atoms with Crippen LogP contribution in [0.1, 0.15) is 36.7 Å². The van der Waals surface area contributed by atoms with Crippen LogP contribution in [-0.4, -0.2) is 59.7 Å². The van der Waals surface area contributed by atoms with Crippen molar-refractivity contribution in [3.05, 3.63) is 35.4 Å². The molecular formula is C19H27N3O3. The van der Waals surface area contributed by atoms with Gasteiger partial charge < -0.3 is 15.1 Å². The van der Waals surface area contributed by atoms with Crippen molar-refractivity contribution in [1.82, 2.24) is 15.1 Å². The standard InChI is InChI=1S/C19H27N3O3/c1-13(2)17(20-18(24)16-7-5-6-14(3)12-16)19(25)22-10-8-21(9-11-22)15(4)23/h5-7,12-13,17H,8-11H2,1-4H3,(H,20,24). The molecule has 0 spiro atoms. The number of carbonyl (C=O) groups excluding carboxylic acids is 3. The van der Waals surface area contributed by atoms with Gasteiger partial charge in [0.25, 0.3) is 5.91 Å². The van der Waals surface area contributed by atoms with Gasteiger partial charge in [-0.25, -0.2) is 0 Å². The Kier molecular flexibility index (Phi) is 6.17. The fourth-order valence-corrected chi connectivity index (χ4v) is 2.96. The van der Waals surface area contributed by atoms with Crippen molar-refractivity contribution >= 4 is 17.7 Å². The lowest BCUT2D eigenvalue weighted by Crippen LogP contribution is -2.57. The van der Waals surface area contributed by atoms with E-state index in [-0.39, 0.29) is 23.6 Å². The van der Waals surface area contributed by atoms with E-state index in [1.165, 1.54) is 6.92 Å². The monoisotopic (exact) mass is 345 g/mol. The van der Waals surface area contributed by atoms with E-state index in [9.17, 15) is 14.4 Å². The number of rotatable bonds is 4. The van der Waals surface area contributed by atoms with E-state index in [4.69, 9.17) is 0 Å². The average Bonchev–Trinajstić information content (AvgIpc) is 2.58. The first kappa shape index (κ1) is 19.0. The molecule has 1 heterocycles. The highest BCUT2D eigenvalue weighted by Crippen LogP contribution is 2.12. The molecule has 1 unspecified atom stereocenters. The van der Waals surface area contributed by atoms with Crippen LogP contribution in [0.25, 0.3) is 0 Å². The molecule has 0 saturated carbocycles. The fraction of sp³-hybridized carbons (Fsp3) is 0.526. The first-order chi connectivity index (χ1) is 11.8. The Morgan fingerprint density at radius 3 is 2.16 bits per heavy atom. The van der Waals surface area contributed by atoms with E-state index in [1.54, 1.807) is 15.9 Å². The van der Waals surface area contributed by atoms with E-state index < -0.39 is 6.04 Å². The zero-order valence-corrected chi connectivity index (χ0v) is 15.4. The second kappa shape index (κ2) is 8.14. The molecule has 25 heavy (non-hydrogen) atoms. The molecule has 1 aromatic carbocycles. The number of nitrogens with one attached hydrogen (secondary N) is 1. The van der Waals surface area contributed by atoms with Crippen LogP contribution in [0.5, 0.6) is 0 Å². The minimum absolute atomic E-state index is 0.0212. The summed E-state index contributed by atoms with van der Waals surface area (Å²) in [6.45, 7) is 9.39. The average molecular weight is 345 g/mol. The van der Waals surface area contributed by atoms with Crippen LogP contribution in [0.3, 0.4) is 0 Å². The van der Waals surface area contributed by atoms with Crippen molar-refractivity contribution < 1.29 is 14.4 Å². The van der Waals surface area contributed by atoms with Gasteiger partial charge in [-0.3, -0.25) is 14.4 Å². The van der Waals surface area contributed by atoms with Crippen molar-refractivity contribution in [1.29, 1.82) is 0 Å². The number of carbonyl (C=O) groups is 3. The van der Waals surface area contributed by atoms with E-state index in [0.29, 0.717) is 31.7 Å². The van der Waals surface area contributed by atoms with E-state index in [2.05, 4.69) is 5.32 Å². The van der Waals surface area contributed by atoms with Crippen LogP contribution in [0.15, 0.2) is 24.3 Å². The molecule has 0 radical (unpaired) electrons. The smallest absolute Gasteiger partial charge is 0.251 e. The van der Waals surface area contributed by atoms with Crippen molar-refractivity contribution in [2.75, 3.05) is 26.2 Å². The lowest BCUT2D eigenvalue weighted by atomic mass is 10.0. The highest BCUT2D eigenvalue weighted by molar-refractivity contribution is 5.97. The maximum Gasteiger partial charge on any atom is 0.251 e. The van der Waals surface area contributed by atoms with Gasteiger partial charge in [-0.1, -0.05) is 31.5 Å². The summed E-state index contributed by atoms with van der Waals surface area (Å²) in [6, 6.07) is 6.74. The molecule has 1 N–H and O–H groups in total. The van der Waals surface area contributed by atoms with Gasteiger partial charge in [0, 0.05) is 38.7 Å². The minimum Gasteiger partial charge on any atom is -0.340 e. The molecule has 1 aromatic rings. The van der Waals surface area contributed by atoms with E-state index in [1.807, 2.05) is 39.0 Å². The molecule has 6 heteroatoms. The van der Waals surface area contributed by atoms with Crippen LogP contribution < -0.4 is 5.32 Å². The number of hydrogen-bond acceptors (Lipinski definition) is 3. The van der Waals surface area contributed by atoms with E-state index in [0.717, 1.165) is 5.56 Å². The zero-order chi connectivity index (χ0) is 18.6. The number of piperazine rings is 1. The van der Waals surface area contributed by atoms with Gasteiger partial charge in [0.1, 0.15) is 6.04 Å². The second-order valence-electron chi connectivity index (χ2n) is 6.90. The lowest BCUT2D eigenvalue weighted by molar-refractivity contribution is -0.140. The first-order valence-corrected chi connectivity index (χ1v) is 8.71. The first-order valence-electron chi connectivity index (χ1n) is 8.71. The summed E-state index contributed by atoms with van der Waals surface area (Å²) in [5, 5.41) is 2.88. The second-order valence-corrected chi connectivity index (χ2v) is 6.90. The molecule has 1 aliphatic heterocycles. The van der Waals surface area contributed by atoms with Crippen LogP contribution in [0, 0.1) is 12.8 Å². The molecule has 6 nitrogen and oxygen atoms in total. The largest absolute Gasteiger partial charge is 0.340 e. The number of aryl methyl sites for hydroxylation is 1. The summed E-state index contributed by atoms with van der Waals surface area (Å²) in [5.74, 6) is -0.315. The number of nitrogens with zero attached hydrogens (tertiary/aromatic N) is 2. The maximum atomic E-state index is 12.9. The van der Waals surface area contributed by atoms with Crippen molar-refractivity contribution in [3.8, 4) is 0 Å². The molecule has 1 atom stereocenters. The summed E-state index contributed by atoms with van der Waals surface area (Å²) in [6.07, 6.45) is 0. The van der Waals surface area contributed by atoms with Gasteiger partial charge >= 0.3 is 0 Å². The summed E-state index contributed by atoms with van der Waals surface area (Å²) < 4.78 is 0. The van der Waals surface area contributed by atoms with Crippen molar-refractivity contribution in [2.45, 2.75) is 33.7 Å². The van der Waals surface area contributed by atoms with Crippen LogP contribution in [0.4, 0.5) is 0 Å². The fourth-order valence-electron chi connectivity index (χ4n) is 2.96. The third-order valence-electron chi connectivity index (χ3n) is 4.54. The molecule has 3 amide bonds. The summed E-state index contributed by atoms with van der Waals surface area (Å²) in [5.41, 5.74) is 1.56. The molecule has 1 saturated heterocycles. The molecule has 1 aliphatic rings. The van der Waals surface area contributed by atoms with Gasteiger partial charge in [-0.2, -0.15) is 0 Å². The molecular weight excluding hydrogens is 318 g/mol.